The molecule has 0 radical (unpaired) electrons. The van der Waals surface area contributed by atoms with Gasteiger partial charge < -0.3 is 10.2 Å². The molecule has 5 nitrogen and oxygen atoms in total. The summed E-state index contributed by atoms with van der Waals surface area (Å²) >= 11 is 0. The van der Waals surface area contributed by atoms with Gasteiger partial charge in [0.05, 0.1) is 4.90 Å². The number of halogens is 2. The van der Waals surface area contributed by atoms with E-state index in [1.54, 1.807) is 0 Å². The fourth-order valence-electron chi connectivity index (χ4n) is 4.85. The summed E-state index contributed by atoms with van der Waals surface area (Å²) in [7, 11) is -3.46. The lowest BCUT2D eigenvalue weighted by Crippen LogP contribution is -2.51. The number of sulfonamides is 1. The topological polar surface area (TPSA) is 52.7 Å². The highest BCUT2D eigenvalue weighted by atomic mass is 35.5. The summed E-state index contributed by atoms with van der Waals surface area (Å²) in [6.45, 7) is 5.43. The normalized spacial score (nSPS) is 22.6. The maximum Gasteiger partial charge on any atom is 0.243 e. The first-order valence-corrected chi connectivity index (χ1v) is 12.2. The van der Waals surface area contributed by atoms with Crippen molar-refractivity contribution in [2.45, 2.75) is 62.3 Å². The van der Waals surface area contributed by atoms with E-state index in [0.717, 1.165) is 64.8 Å². The number of fused-ring (bicyclic) bond motifs is 1. The molecule has 29 heavy (non-hydrogen) atoms. The van der Waals surface area contributed by atoms with E-state index in [0.29, 0.717) is 11.4 Å². The molecular formula is C21H35Cl2N3O2S. The third kappa shape index (κ3) is 5.86. The van der Waals surface area contributed by atoms with Crippen LogP contribution in [-0.2, 0) is 22.9 Å². The number of aryl methyl sites for hydroxylation is 2. The van der Waals surface area contributed by atoms with Gasteiger partial charge in [-0.3, -0.25) is 0 Å². The average Bonchev–Trinajstić information content (AvgIpc) is 3.17. The predicted octanol–water partition coefficient (Wildman–Crippen LogP) is 3.25. The molecule has 1 atom stereocenters. The van der Waals surface area contributed by atoms with Gasteiger partial charge in [0.2, 0.25) is 10.0 Å². The fourth-order valence-corrected chi connectivity index (χ4v) is 6.54. The van der Waals surface area contributed by atoms with E-state index in [9.17, 15) is 8.42 Å². The number of likely N-dealkylation sites (tertiary alicyclic amines) is 1. The third-order valence-corrected chi connectivity index (χ3v) is 8.39. The van der Waals surface area contributed by atoms with E-state index in [1.807, 2.05) is 22.5 Å². The smallest absolute Gasteiger partial charge is 0.243 e. The zero-order valence-corrected chi connectivity index (χ0v) is 19.6. The first-order chi connectivity index (χ1) is 13.1. The van der Waals surface area contributed by atoms with Gasteiger partial charge in [-0.25, -0.2) is 8.42 Å². The van der Waals surface area contributed by atoms with Crippen molar-refractivity contribution in [2.75, 3.05) is 39.3 Å². The van der Waals surface area contributed by atoms with Crippen LogP contribution in [0.4, 0.5) is 0 Å². The van der Waals surface area contributed by atoms with Crippen LogP contribution in [0.3, 0.4) is 0 Å². The Morgan fingerprint density at radius 2 is 1.76 bits per heavy atom. The Bertz CT molecular complexity index is 748. The van der Waals surface area contributed by atoms with E-state index in [2.05, 4.69) is 10.2 Å². The SMILES string of the molecule is Cl.Cl.O=S(=O)(c1ccc2c(c1)CCC2)N(CCN1CCCCC1)C1CCCNC1. The molecule has 0 aromatic heterocycles. The first-order valence-electron chi connectivity index (χ1n) is 10.7. The van der Waals surface area contributed by atoms with Gasteiger partial charge in [-0.05, 0) is 87.8 Å². The van der Waals surface area contributed by atoms with Crippen LogP contribution in [0, 0.1) is 0 Å². The van der Waals surface area contributed by atoms with Gasteiger partial charge in [0.25, 0.3) is 0 Å². The van der Waals surface area contributed by atoms with E-state index < -0.39 is 10.0 Å². The lowest BCUT2D eigenvalue weighted by Gasteiger charge is -2.36. The number of hydrogen-bond donors (Lipinski definition) is 1. The lowest BCUT2D eigenvalue weighted by atomic mass is 10.1. The standard InChI is InChI=1S/C21H33N3O2S.2ClH/c25-27(26,21-10-9-18-6-4-7-19(18)16-21)24(20-8-5-11-22-17-20)15-14-23-12-2-1-3-13-23;;/h9-10,16,20,22H,1-8,11-15,17H2;2*1H. The highest BCUT2D eigenvalue weighted by Gasteiger charge is 2.33. The van der Waals surface area contributed by atoms with Crippen molar-refractivity contribution in [3.05, 3.63) is 29.3 Å². The predicted molar refractivity (Wildman–Crippen MR) is 123 cm³/mol. The molecule has 2 aliphatic heterocycles. The van der Waals surface area contributed by atoms with Crippen molar-refractivity contribution in [3.8, 4) is 0 Å². The van der Waals surface area contributed by atoms with Crippen molar-refractivity contribution in [1.29, 1.82) is 0 Å². The zero-order chi connectivity index (χ0) is 18.7. The molecule has 1 unspecified atom stereocenters. The molecule has 3 aliphatic rings. The molecule has 1 aliphatic carbocycles. The molecule has 0 bridgehead atoms. The molecule has 2 fully saturated rings. The molecule has 4 rings (SSSR count). The molecule has 166 valence electrons. The summed E-state index contributed by atoms with van der Waals surface area (Å²) in [5.74, 6) is 0. The zero-order valence-electron chi connectivity index (χ0n) is 17.1. The van der Waals surface area contributed by atoms with Crippen molar-refractivity contribution >= 4 is 34.8 Å². The van der Waals surface area contributed by atoms with Gasteiger partial charge >= 0.3 is 0 Å². The van der Waals surface area contributed by atoms with E-state index >= 15 is 0 Å². The summed E-state index contributed by atoms with van der Waals surface area (Å²) in [4.78, 5) is 2.93. The number of rotatable bonds is 6. The van der Waals surface area contributed by atoms with Crippen LogP contribution in [0.1, 0.15) is 49.7 Å². The van der Waals surface area contributed by atoms with Crippen molar-refractivity contribution in [3.63, 3.8) is 0 Å². The molecule has 8 heteroatoms. The van der Waals surface area contributed by atoms with Crippen LogP contribution in [0.15, 0.2) is 23.1 Å². The second-order valence-electron chi connectivity index (χ2n) is 8.30. The Hall–Kier alpha value is -0.370. The highest BCUT2D eigenvalue weighted by Crippen LogP contribution is 2.28. The number of piperidine rings is 2. The van der Waals surface area contributed by atoms with Gasteiger partial charge in [-0.2, -0.15) is 4.31 Å². The molecule has 1 aromatic carbocycles. The van der Waals surface area contributed by atoms with Crippen molar-refractivity contribution < 1.29 is 8.42 Å². The Balaban J connectivity index is 0.00000150. The second-order valence-corrected chi connectivity index (χ2v) is 10.2. The fraction of sp³-hybridized carbons (Fsp3) is 0.714. The minimum atomic E-state index is -3.46. The molecular weight excluding hydrogens is 429 g/mol. The molecule has 0 saturated carbocycles. The van der Waals surface area contributed by atoms with E-state index in [-0.39, 0.29) is 30.9 Å². The number of nitrogens with zero attached hydrogens (tertiary/aromatic N) is 2. The number of benzene rings is 1. The molecule has 2 saturated heterocycles. The van der Waals surface area contributed by atoms with Gasteiger partial charge in [0.1, 0.15) is 0 Å². The molecule has 1 aromatic rings. The number of hydrogen-bond acceptors (Lipinski definition) is 4. The summed E-state index contributed by atoms with van der Waals surface area (Å²) in [6.07, 6.45) is 9.02. The maximum atomic E-state index is 13.6. The van der Waals surface area contributed by atoms with Crippen molar-refractivity contribution in [1.82, 2.24) is 14.5 Å². The van der Waals surface area contributed by atoms with Gasteiger partial charge in [-0.15, -0.1) is 24.8 Å². The van der Waals surface area contributed by atoms with Crippen LogP contribution in [0.5, 0.6) is 0 Å². The van der Waals surface area contributed by atoms with Gasteiger partial charge in [0, 0.05) is 25.7 Å². The lowest BCUT2D eigenvalue weighted by molar-refractivity contribution is 0.190. The Morgan fingerprint density at radius 3 is 2.48 bits per heavy atom. The molecule has 0 spiro atoms. The Labute approximate surface area is 188 Å². The van der Waals surface area contributed by atoms with E-state index in [4.69, 9.17) is 0 Å². The Kier molecular flexibility index (Phi) is 9.71. The van der Waals surface area contributed by atoms with Crippen LogP contribution >= 0.6 is 24.8 Å². The molecule has 1 N–H and O–H groups in total. The van der Waals surface area contributed by atoms with Gasteiger partial charge in [0.15, 0.2) is 0 Å². The molecule has 2 heterocycles. The van der Waals surface area contributed by atoms with Crippen molar-refractivity contribution in [2.24, 2.45) is 0 Å². The average molecular weight is 465 g/mol. The summed E-state index contributed by atoms with van der Waals surface area (Å²) < 4.78 is 29.0. The monoisotopic (exact) mass is 463 g/mol. The van der Waals surface area contributed by atoms with Crippen LogP contribution in [0.2, 0.25) is 0 Å². The largest absolute Gasteiger partial charge is 0.315 e. The minimum absolute atomic E-state index is 0. The molecule has 0 amide bonds. The maximum absolute atomic E-state index is 13.6. The third-order valence-electron chi connectivity index (χ3n) is 6.44. The first kappa shape index (κ1) is 24.9. The summed E-state index contributed by atoms with van der Waals surface area (Å²) in [6, 6.07) is 5.89. The summed E-state index contributed by atoms with van der Waals surface area (Å²) in [5, 5.41) is 3.40. The van der Waals surface area contributed by atoms with Crippen LogP contribution in [-0.4, -0.2) is 62.9 Å². The van der Waals surface area contributed by atoms with Crippen LogP contribution < -0.4 is 5.32 Å². The van der Waals surface area contributed by atoms with E-state index in [1.165, 1.54) is 30.4 Å². The Morgan fingerprint density at radius 1 is 1.00 bits per heavy atom. The van der Waals surface area contributed by atoms with Crippen LogP contribution in [0.25, 0.3) is 0 Å². The number of nitrogens with one attached hydrogen (secondary N) is 1. The minimum Gasteiger partial charge on any atom is -0.315 e. The summed E-state index contributed by atoms with van der Waals surface area (Å²) in [5.41, 5.74) is 2.56. The second kappa shape index (κ2) is 11.3. The quantitative estimate of drug-likeness (QED) is 0.703. The van der Waals surface area contributed by atoms with Gasteiger partial charge in [-0.1, -0.05) is 12.5 Å². The highest BCUT2D eigenvalue weighted by molar-refractivity contribution is 7.89.